The van der Waals surface area contributed by atoms with Crippen molar-refractivity contribution in [2.45, 2.75) is 26.7 Å². The quantitative estimate of drug-likeness (QED) is 0.885. The van der Waals surface area contributed by atoms with Crippen molar-refractivity contribution in [3.8, 4) is 11.5 Å². The van der Waals surface area contributed by atoms with E-state index in [0.717, 1.165) is 12.2 Å². The molecule has 0 aliphatic carbocycles. The number of amides is 1. The highest BCUT2D eigenvalue weighted by atomic mass is 16.5. The molecule has 5 heteroatoms. The van der Waals surface area contributed by atoms with Crippen molar-refractivity contribution in [1.82, 2.24) is 0 Å². The molecule has 1 aliphatic heterocycles. The molecular formula is C15H22N2O3. The van der Waals surface area contributed by atoms with Crippen LogP contribution in [-0.2, 0) is 4.79 Å². The average molecular weight is 278 g/mol. The van der Waals surface area contributed by atoms with E-state index in [4.69, 9.17) is 15.2 Å². The van der Waals surface area contributed by atoms with E-state index in [0.29, 0.717) is 37.6 Å². The van der Waals surface area contributed by atoms with Gasteiger partial charge in [-0.25, -0.2) is 0 Å². The molecule has 1 aliphatic rings. The Labute approximate surface area is 119 Å². The maximum atomic E-state index is 12.3. The fourth-order valence-electron chi connectivity index (χ4n) is 1.92. The Hall–Kier alpha value is -1.75. The van der Waals surface area contributed by atoms with Gasteiger partial charge >= 0.3 is 0 Å². The monoisotopic (exact) mass is 278 g/mol. The van der Waals surface area contributed by atoms with Crippen LogP contribution in [-0.4, -0.2) is 25.7 Å². The van der Waals surface area contributed by atoms with Gasteiger partial charge in [-0.05, 0) is 25.5 Å². The summed E-state index contributed by atoms with van der Waals surface area (Å²) in [6, 6.07) is 5.44. The van der Waals surface area contributed by atoms with Gasteiger partial charge in [0.2, 0.25) is 5.91 Å². The lowest BCUT2D eigenvalue weighted by Crippen LogP contribution is -2.39. The molecule has 0 saturated carbocycles. The highest BCUT2D eigenvalue weighted by Gasteiger charge is 2.29. The molecule has 1 heterocycles. The first kappa shape index (κ1) is 14.7. The summed E-state index contributed by atoms with van der Waals surface area (Å²) in [5.41, 5.74) is 5.85. The molecule has 1 atom stereocenters. The number of rotatable bonds is 4. The van der Waals surface area contributed by atoms with Crippen LogP contribution in [0, 0.1) is 5.41 Å². The number of nitrogens with two attached hydrogens (primary N) is 1. The third-order valence-electron chi connectivity index (χ3n) is 3.78. The minimum atomic E-state index is -0.551. The molecule has 5 nitrogen and oxygen atoms in total. The summed E-state index contributed by atoms with van der Waals surface area (Å²) in [4.78, 5) is 12.3. The first-order valence-corrected chi connectivity index (χ1v) is 7.00. The van der Waals surface area contributed by atoms with Crippen LogP contribution in [0.15, 0.2) is 18.2 Å². The summed E-state index contributed by atoms with van der Waals surface area (Å²) >= 11 is 0. The second-order valence-electron chi connectivity index (χ2n) is 5.28. The average Bonchev–Trinajstić information content (AvgIpc) is 2.71. The van der Waals surface area contributed by atoms with E-state index in [1.54, 1.807) is 6.07 Å². The number of fused-ring (bicyclic) bond motifs is 1. The Bertz CT molecular complexity index is 484. The van der Waals surface area contributed by atoms with Crippen molar-refractivity contribution >= 4 is 11.6 Å². The highest BCUT2D eigenvalue weighted by Crippen LogP contribution is 2.33. The third-order valence-corrected chi connectivity index (χ3v) is 3.78. The van der Waals surface area contributed by atoms with E-state index in [9.17, 15) is 4.79 Å². The molecule has 3 N–H and O–H groups in total. The lowest BCUT2D eigenvalue weighted by Gasteiger charge is -2.25. The summed E-state index contributed by atoms with van der Waals surface area (Å²) in [7, 11) is 0. The molecule has 1 aromatic rings. The van der Waals surface area contributed by atoms with Crippen molar-refractivity contribution in [2.24, 2.45) is 11.1 Å². The number of ether oxygens (including phenoxy) is 2. The molecule has 0 radical (unpaired) electrons. The second kappa shape index (κ2) is 6.13. The van der Waals surface area contributed by atoms with E-state index < -0.39 is 5.41 Å². The minimum Gasteiger partial charge on any atom is -0.490 e. The predicted octanol–water partition coefficient (Wildman–Crippen LogP) is 2.16. The smallest absolute Gasteiger partial charge is 0.231 e. The number of benzene rings is 1. The zero-order chi connectivity index (χ0) is 14.6. The van der Waals surface area contributed by atoms with Gasteiger partial charge in [0.05, 0.1) is 18.6 Å². The second-order valence-corrected chi connectivity index (χ2v) is 5.28. The molecule has 1 unspecified atom stereocenters. The van der Waals surface area contributed by atoms with Crippen LogP contribution in [0.1, 0.15) is 26.7 Å². The fraction of sp³-hybridized carbons (Fsp3) is 0.533. The molecule has 0 aromatic heterocycles. The summed E-state index contributed by atoms with van der Waals surface area (Å²) in [5, 5.41) is 2.90. The van der Waals surface area contributed by atoms with E-state index in [2.05, 4.69) is 5.32 Å². The summed E-state index contributed by atoms with van der Waals surface area (Å²) in [5.74, 6) is 1.32. The standard InChI is InChI=1S/C15H22N2O3/c1-3-15(2,10-16)14(18)17-11-5-6-12-13(9-11)20-8-4-7-19-12/h5-6,9H,3-4,7-8,10,16H2,1-2H3,(H,17,18). The van der Waals surface area contributed by atoms with Crippen LogP contribution in [0.25, 0.3) is 0 Å². The lowest BCUT2D eigenvalue weighted by atomic mass is 9.86. The van der Waals surface area contributed by atoms with Gasteiger partial charge < -0.3 is 20.5 Å². The Balaban J connectivity index is 2.14. The van der Waals surface area contributed by atoms with Crippen molar-refractivity contribution in [1.29, 1.82) is 0 Å². The van der Waals surface area contributed by atoms with E-state index >= 15 is 0 Å². The normalized spacial score (nSPS) is 16.9. The maximum absolute atomic E-state index is 12.3. The lowest BCUT2D eigenvalue weighted by molar-refractivity contribution is -0.124. The third kappa shape index (κ3) is 3.04. The van der Waals surface area contributed by atoms with Gasteiger partial charge in [0, 0.05) is 24.7 Å². The molecule has 0 bridgehead atoms. The molecule has 1 aromatic carbocycles. The Morgan fingerprint density at radius 2 is 2.05 bits per heavy atom. The molecular weight excluding hydrogens is 256 g/mol. The minimum absolute atomic E-state index is 0.0722. The molecule has 2 rings (SSSR count). The van der Waals surface area contributed by atoms with Crippen molar-refractivity contribution < 1.29 is 14.3 Å². The zero-order valence-corrected chi connectivity index (χ0v) is 12.1. The van der Waals surface area contributed by atoms with Crippen LogP contribution in [0.2, 0.25) is 0 Å². The first-order valence-electron chi connectivity index (χ1n) is 7.00. The molecule has 0 saturated heterocycles. The van der Waals surface area contributed by atoms with E-state index in [-0.39, 0.29) is 5.91 Å². The molecule has 20 heavy (non-hydrogen) atoms. The topological polar surface area (TPSA) is 73.6 Å². The molecule has 1 amide bonds. The van der Waals surface area contributed by atoms with Crippen molar-refractivity contribution in [3.05, 3.63) is 18.2 Å². The highest BCUT2D eigenvalue weighted by molar-refractivity contribution is 5.95. The number of carbonyl (C=O) groups is 1. The van der Waals surface area contributed by atoms with Crippen molar-refractivity contribution in [3.63, 3.8) is 0 Å². The molecule has 0 fully saturated rings. The SMILES string of the molecule is CCC(C)(CN)C(=O)Nc1ccc2c(c1)OCCCO2. The van der Waals surface area contributed by atoms with Gasteiger partial charge in [-0.15, -0.1) is 0 Å². The fourth-order valence-corrected chi connectivity index (χ4v) is 1.92. The number of hydrogen-bond donors (Lipinski definition) is 2. The van der Waals surface area contributed by atoms with Gasteiger partial charge in [0.1, 0.15) is 0 Å². The number of anilines is 1. The van der Waals surface area contributed by atoms with Gasteiger partial charge in [0.15, 0.2) is 11.5 Å². The van der Waals surface area contributed by atoms with Crippen LogP contribution in [0.3, 0.4) is 0 Å². The Morgan fingerprint density at radius 1 is 1.35 bits per heavy atom. The number of carbonyl (C=O) groups excluding carboxylic acids is 1. The maximum Gasteiger partial charge on any atom is 0.231 e. The zero-order valence-electron chi connectivity index (χ0n) is 12.1. The van der Waals surface area contributed by atoms with E-state index in [1.165, 1.54) is 0 Å². The summed E-state index contributed by atoms with van der Waals surface area (Å²) in [6.07, 6.45) is 1.55. The Kier molecular flexibility index (Phi) is 4.49. The summed E-state index contributed by atoms with van der Waals surface area (Å²) < 4.78 is 11.2. The largest absolute Gasteiger partial charge is 0.490 e. The van der Waals surface area contributed by atoms with Gasteiger partial charge in [-0.2, -0.15) is 0 Å². The molecule has 0 spiro atoms. The van der Waals surface area contributed by atoms with Crippen molar-refractivity contribution in [2.75, 3.05) is 25.1 Å². The van der Waals surface area contributed by atoms with Gasteiger partial charge in [-0.3, -0.25) is 4.79 Å². The Morgan fingerprint density at radius 3 is 2.70 bits per heavy atom. The van der Waals surface area contributed by atoms with Crippen LogP contribution in [0.4, 0.5) is 5.69 Å². The van der Waals surface area contributed by atoms with Crippen LogP contribution in [0.5, 0.6) is 11.5 Å². The van der Waals surface area contributed by atoms with Gasteiger partial charge in [0.25, 0.3) is 0 Å². The van der Waals surface area contributed by atoms with Gasteiger partial charge in [-0.1, -0.05) is 6.92 Å². The summed E-state index contributed by atoms with van der Waals surface area (Å²) in [6.45, 7) is 5.42. The first-order chi connectivity index (χ1) is 9.59. The predicted molar refractivity (Wildman–Crippen MR) is 78.1 cm³/mol. The molecule has 110 valence electrons. The van der Waals surface area contributed by atoms with Crippen LogP contribution < -0.4 is 20.5 Å². The van der Waals surface area contributed by atoms with Crippen LogP contribution >= 0.6 is 0 Å². The number of hydrogen-bond acceptors (Lipinski definition) is 4. The number of nitrogens with one attached hydrogen (secondary N) is 1. The van der Waals surface area contributed by atoms with E-state index in [1.807, 2.05) is 26.0 Å².